The van der Waals surface area contributed by atoms with Crippen molar-refractivity contribution in [2.24, 2.45) is 5.73 Å². The first-order chi connectivity index (χ1) is 61.5. The minimum atomic E-state index is -1.20. The van der Waals surface area contributed by atoms with Crippen LogP contribution in [-0.2, 0) is 69.0 Å². The van der Waals surface area contributed by atoms with E-state index in [2.05, 4.69) is 20.7 Å². The monoisotopic (exact) mass is 1820 g/mol. The molecule has 6 amide bonds. The van der Waals surface area contributed by atoms with E-state index >= 15 is 0 Å². The van der Waals surface area contributed by atoms with Crippen molar-refractivity contribution in [1.82, 2.24) is 48.9 Å². The average molecular weight is 1820 g/mol. The van der Waals surface area contributed by atoms with Crippen molar-refractivity contribution < 1.29 is 140 Å². The molecule has 15 rings (SSSR count). The molecule has 0 saturated carbocycles. The number of esters is 2. The second-order valence-electron chi connectivity index (χ2n) is 28.9. The number of methoxy groups -OCH3 is 4. The van der Waals surface area contributed by atoms with Gasteiger partial charge in [0, 0.05) is 117 Å². The number of carbonyl (C=O) groups is 8. The predicted octanol–water partition coefficient (Wildman–Crippen LogP) is 5.49. The Balaban J connectivity index is 0.000000171. The fraction of sp³-hybridized carbons (Fsp3) is 0.369. The van der Waals surface area contributed by atoms with E-state index in [0.29, 0.717) is 74.9 Å². The molecule has 4 saturated heterocycles. The summed E-state index contributed by atoms with van der Waals surface area (Å²) < 4.78 is 172. The van der Waals surface area contributed by atoms with E-state index < -0.39 is 181 Å². The number of rotatable bonds is 18. The van der Waals surface area contributed by atoms with Gasteiger partial charge in [0.1, 0.15) is 81.2 Å². The van der Waals surface area contributed by atoms with Gasteiger partial charge in [-0.15, -0.1) is 0 Å². The number of hydrogen-bond acceptors (Lipinski definition) is 26. The van der Waals surface area contributed by atoms with E-state index in [4.69, 9.17) is 53.2 Å². The molecule has 4 fully saturated rings. The van der Waals surface area contributed by atoms with E-state index in [1.165, 1.54) is 59.8 Å². The quantitative estimate of drug-likeness (QED) is 0.0351. The van der Waals surface area contributed by atoms with Gasteiger partial charge in [0.05, 0.1) is 135 Å². The molecular formula is C84H84F9N11O25. The van der Waals surface area contributed by atoms with Crippen LogP contribution >= 0.6 is 0 Å². The first-order valence-electron chi connectivity index (χ1n) is 39.2. The van der Waals surface area contributed by atoms with Crippen LogP contribution in [0.25, 0.3) is 0 Å². The molecule has 129 heavy (non-hydrogen) atoms. The predicted molar refractivity (Wildman–Crippen MR) is 425 cm³/mol. The van der Waals surface area contributed by atoms with Crippen LogP contribution in [0.4, 0.5) is 44.3 Å². The molecule has 0 aliphatic carbocycles. The largest absolute Gasteiger partial charge is 0.503 e. The van der Waals surface area contributed by atoms with Gasteiger partial charge in [-0.3, -0.25) is 43.2 Å². The lowest BCUT2D eigenvalue weighted by molar-refractivity contribution is -0.191. The van der Waals surface area contributed by atoms with Crippen molar-refractivity contribution in [3.63, 3.8) is 0 Å². The Bertz CT molecular complexity index is 5700. The zero-order valence-corrected chi connectivity index (χ0v) is 69.8. The number of fused-ring (bicyclic) bond motifs is 9. The van der Waals surface area contributed by atoms with Gasteiger partial charge in [-0.25, -0.2) is 53.9 Å². The Morgan fingerprint density at radius 1 is 0.457 bits per heavy atom. The van der Waals surface area contributed by atoms with Crippen LogP contribution in [0, 0.1) is 59.3 Å². The third-order valence-electron chi connectivity index (χ3n) is 21.8. The van der Waals surface area contributed by atoms with E-state index in [9.17, 15) is 107 Å². The Kier molecular flexibility index (Phi) is 32.0. The molecule has 36 nitrogen and oxygen atoms in total. The number of nitrogens with one attached hydrogen (secondary N) is 3. The second kappa shape index (κ2) is 42.5. The third-order valence-corrected chi connectivity index (χ3v) is 21.8. The van der Waals surface area contributed by atoms with Gasteiger partial charge >= 0.3 is 24.2 Å². The van der Waals surface area contributed by atoms with E-state index in [-0.39, 0.29) is 140 Å². The summed E-state index contributed by atoms with van der Waals surface area (Å²) in [5, 5.41) is 28.0. The van der Waals surface area contributed by atoms with Crippen LogP contribution in [0.1, 0.15) is 146 Å². The summed E-state index contributed by atoms with van der Waals surface area (Å²) in [4.78, 5) is 171. The standard InChI is InChI=1S/C21H24N2O7.2C20H18F3N3O5.C15H18N2O6.C7H6F3N.CO2/c1-13-19(27-2)18(24)15(20(25)28-3)9-23(13)17-12-29-11-16(17)22-21(26)30-10-14-7-5-4-6-8-14;2*1-2-25-14-7-31-8-15(14)26-6-11(17(27)18(28)16(26)20(25)30)19(29)24-5-10-12(22)3-9(21)4-13(10)23;1-4-16-9-6-23-7-10(9)17-5-8(15(20)22-3)12(18)13(21-2)11(17)14(16)19;8-4-1-6(9)5(3-11)7(10)2-4;2-1-3/h4-9,16-17H,10-12H2,1-3H3,(H,22,26);2*3-4,6,14-15,28H,2,5,7-8H2,1H3,(H,24,29);5,9-10H,4,6-7H2,1-3H3;1-2H,3,11H2;/t16-,17+;2*14-,15+;9-,10+;;/m0000../s1. The molecule has 11 heterocycles. The third kappa shape index (κ3) is 20.4. The molecule has 688 valence electrons. The number of aromatic nitrogens is 4. The van der Waals surface area contributed by atoms with Crippen molar-refractivity contribution in [2.45, 2.75) is 102 Å². The maximum Gasteiger partial charge on any atom is 0.407 e. The molecule has 4 aromatic heterocycles. The summed E-state index contributed by atoms with van der Waals surface area (Å²) in [5.41, 5.74) is -0.127. The number of carbonyl (C=O) groups excluding carboxylic acids is 10. The molecule has 0 bridgehead atoms. The van der Waals surface area contributed by atoms with E-state index in [1.54, 1.807) is 34.8 Å². The minimum Gasteiger partial charge on any atom is -0.503 e. The molecular weight excluding hydrogens is 1730 g/mol. The van der Waals surface area contributed by atoms with Crippen LogP contribution in [0.3, 0.4) is 0 Å². The van der Waals surface area contributed by atoms with Gasteiger partial charge in [0.25, 0.3) is 29.5 Å². The number of ether oxygens (including phenoxy) is 9. The zero-order valence-electron chi connectivity index (χ0n) is 69.8. The van der Waals surface area contributed by atoms with Gasteiger partial charge < -0.3 is 107 Å². The summed E-state index contributed by atoms with van der Waals surface area (Å²) >= 11 is 0. The molecule has 7 aliphatic heterocycles. The Morgan fingerprint density at radius 3 is 1.16 bits per heavy atom. The SMILES string of the molecule is CCN1C(=O)c2c(O)c(=O)c(C(=O)NCc3c(F)cc(F)cc3F)cn2[C@@H]2COC[C@@H]21.CCN1C(=O)c2c(O)c(=O)c(C(=O)NCc3c(F)cc(F)cc3F)cn2[C@@H]2COC[C@@H]21.CCN1C(=O)c2c(OC)c(=O)c(C(=O)OC)cn2[C@@H]2COC[C@@H]21.COC(=O)c1cn([C@@H]2COC[C@@H]2NC(=O)OCc2ccccc2)c(C)c(OC)c1=O.NCc1c(F)cc(F)cc1F.O=C=O. The maximum atomic E-state index is 13.8. The smallest absolute Gasteiger partial charge is 0.407 e. The Labute approximate surface area is 724 Å². The van der Waals surface area contributed by atoms with Crippen LogP contribution in [0.2, 0.25) is 0 Å². The molecule has 7 N–H and O–H groups in total. The maximum absolute atomic E-state index is 13.8. The fourth-order valence-electron chi connectivity index (χ4n) is 15.5. The number of benzene rings is 4. The zero-order chi connectivity index (χ0) is 94.4. The summed E-state index contributed by atoms with van der Waals surface area (Å²) in [7, 11) is 5.06. The van der Waals surface area contributed by atoms with Crippen LogP contribution in [-0.4, -0.2) is 222 Å². The van der Waals surface area contributed by atoms with E-state index in [1.807, 2.05) is 37.3 Å². The number of hydrogen-bond donors (Lipinski definition) is 6. The molecule has 0 spiro atoms. The first-order valence-corrected chi connectivity index (χ1v) is 39.2. The minimum absolute atomic E-state index is 0.0372. The van der Waals surface area contributed by atoms with Crippen LogP contribution in [0.5, 0.6) is 23.0 Å². The highest BCUT2D eigenvalue weighted by Gasteiger charge is 2.48. The second-order valence-corrected chi connectivity index (χ2v) is 28.9. The van der Waals surface area contributed by atoms with Gasteiger partial charge in [0.2, 0.25) is 21.7 Å². The molecule has 0 unspecified atom stereocenters. The fourth-order valence-corrected chi connectivity index (χ4v) is 15.5. The normalized spacial score (nSPS) is 18.7. The lowest BCUT2D eigenvalue weighted by Gasteiger charge is -2.38. The van der Waals surface area contributed by atoms with Crippen molar-refractivity contribution in [1.29, 1.82) is 0 Å². The number of nitrogens with zero attached hydrogens (tertiary/aromatic N) is 7. The van der Waals surface area contributed by atoms with Crippen molar-refractivity contribution in [3.8, 4) is 23.0 Å². The van der Waals surface area contributed by atoms with Crippen molar-refractivity contribution >= 4 is 53.7 Å². The molecule has 8 atom stereocenters. The summed E-state index contributed by atoms with van der Waals surface area (Å²) in [5.74, 6) is -16.7. The van der Waals surface area contributed by atoms with Gasteiger partial charge in [-0.1, -0.05) is 30.3 Å². The summed E-state index contributed by atoms with van der Waals surface area (Å²) in [6, 6.07) is 9.82. The molecule has 7 aliphatic rings. The van der Waals surface area contributed by atoms with Crippen LogP contribution in [0.15, 0.2) is 111 Å². The highest BCUT2D eigenvalue weighted by molar-refractivity contribution is 6.01. The number of pyridine rings is 4. The molecule has 4 aromatic carbocycles. The van der Waals surface area contributed by atoms with Gasteiger partial charge in [-0.2, -0.15) is 9.59 Å². The lowest BCUT2D eigenvalue weighted by atomic mass is 10.0. The number of aromatic hydroxyl groups is 2. The van der Waals surface area contributed by atoms with Gasteiger partial charge in [0.15, 0.2) is 40.1 Å². The Morgan fingerprint density at radius 2 is 0.791 bits per heavy atom. The first kappa shape index (κ1) is 97.2. The summed E-state index contributed by atoms with van der Waals surface area (Å²) in [6.45, 7) is 9.12. The Hall–Kier alpha value is -14.0. The number of alkyl carbamates (subject to hydrolysis) is 1. The highest BCUT2D eigenvalue weighted by atomic mass is 19.2. The van der Waals surface area contributed by atoms with Crippen molar-refractivity contribution in [3.05, 3.63) is 252 Å². The molecule has 0 radical (unpaired) electrons. The lowest BCUT2D eigenvalue weighted by Crippen LogP contribution is -2.51. The topological polar surface area (TPSA) is 454 Å². The number of nitrogens with two attached hydrogens (primary N) is 1. The average Bonchev–Trinajstić information content (AvgIpc) is 1.73. The van der Waals surface area contributed by atoms with Crippen molar-refractivity contribution in [2.75, 3.05) is 101 Å². The van der Waals surface area contributed by atoms with Gasteiger partial charge in [-0.05, 0) is 33.3 Å². The number of amides is 6. The molecule has 45 heteroatoms. The highest BCUT2D eigenvalue weighted by Crippen LogP contribution is 2.39. The molecule has 8 aromatic rings. The number of likely N-dealkylation sites (N-methyl/N-ethyl adjacent to an activating group) is 3. The summed E-state index contributed by atoms with van der Waals surface area (Å²) in [6.07, 6.45) is 4.74. The van der Waals surface area contributed by atoms with Crippen LogP contribution < -0.4 is 52.9 Å². The number of halogens is 9. The van der Waals surface area contributed by atoms with E-state index in [0.717, 1.165) is 18.0 Å².